The van der Waals surface area contributed by atoms with Crippen molar-refractivity contribution < 1.29 is 13.2 Å². The molecule has 0 aliphatic carbocycles. The van der Waals surface area contributed by atoms with Crippen LogP contribution in [-0.4, -0.2) is 39.8 Å². The van der Waals surface area contributed by atoms with Gasteiger partial charge >= 0.3 is 6.18 Å². The van der Waals surface area contributed by atoms with Gasteiger partial charge in [-0.1, -0.05) is 17.8 Å². The fourth-order valence-corrected chi connectivity index (χ4v) is 3.62. The Kier molecular flexibility index (Phi) is 4.49. The molecule has 8 nitrogen and oxygen atoms in total. The van der Waals surface area contributed by atoms with Gasteiger partial charge < -0.3 is 0 Å². The minimum absolute atomic E-state index is 0.231. The van der Waals surface area contributed by atoms with Crippen molar-refractivity contribution in [1.82, 2.24) is 39.8 Å². The number of aromatic nitrogens is 8. The van der Waals surface area contributed by atoms with Crippen LogP contribution in [-0.2, 0) is 11.9 Å². The van der Waals surface area contributed by atoms with E-state index in [4.69, 9.17) is 0 Å². The summed E-state index contributed by atoms with van der Waals surface area (Å²) in [6.45, 7) is 3.79. The van der Waals surface area contributed by atoms with Crippen molar-refractivity contribution in [3.63, 3.8) is 0 Å². The monoisotopic (exact) mass is 406 g/mol. The van der Waals surface area contributed by atoms with Crippen LogP contribution in [0.1, 0.15) is 22.8 Å². The molecule has 4 aromatic rings. The minimum Gasteiger partial charge on any atom is -0.259 e. The van der Waals surface area contributed by atoms with Crippen molar-refractivity contribution >= 4 is 17.5 Å². The highest BCUT2D eigenvalue weighted by atomic mass is 32.2. The first-order valence-corrected chi connectivity index (χ1v) is 9.08. The molecule has 0 amide bonds. The number of tetrazole rings is 1. The van der Waals surface area contributed by atoms with E-state index in [1.807, 2.05) is 19.9 Å². The SMILES string of the molecule is Cc1cc(C)n2c(SCc3nnnn3-c3cccc(C(F)(F)F)c3)nnc2n1. The van der Waals surface area contributed by atoms with E-state index in [0.29, 0.717) is 16.8 Å². The van der Waals surface area contributed by atoms with Gasteiger partial charge in [-0.05, 0) is 48.5 Å². The third kappa shape index (κ3) is 3.42. The molecule has 0 bridgehead atoms. The molecule has 0 aliphatic heterocycles. The second-order valence-electron chi connectivity index (χ2n) is 6.00. The summed E-state index contributed by atoms with van der Waals surface area (Å²) in [5.74, 6) is 1.16. The van der Waals surface area contributed by atoms with Crippen LogP contribution in [0.3, 0.4) is 0 Å². The molecule has 1 aromatic carbocycles. The molecule has 0 atom stereocenters. The molecular formula is C16H13F3N8S. The highest BCUT2D eigenvalue weighted by Gasteiger charge is 2.30. The second-order valence-corrected chi connectivity index (χ2v) is 6.94. The summed E-state index contributed by atoms with van der Waals surface area (Å²) in [7, 11) is 0. The van der Waals surface area contributed by atoms with Crippen molar-refractivity contribution in [2.45, 2.75) is 30.9 Å². The maximum Gasteiger partial charge on any atom is 0.416 e. The van der Waals surface area contributed by atoms with Gasteiger partial charge in [0.15, 0.2) is 11.0 Å². The quantitative estimate of drug-likeness (QED) is 0.482. The molecule has 0 saturated heterocycles. The van der Waals surface area contributed by atoms with Gasteiger partial charge in [0.05, 0.1) is 17.0 Å². The Morgan fingerprint density at radius 2 is 1.89 bits per heavy atom. The van der Waals surface area contributed by atoms with Gasteiger partial charge in [0.1, 0.15) is 0 Å². The number of rotatable bonds is 4. The predicted molar refractivity (Wildman–Crippen MR) is 94.0 cm³/mol. The Hall–Kier alpha value is -3.02. The van der Waals surface area contributed by atoms with E-state index < -0.39 is 11.7 Å². The summed E-state index contributed by atoms with van der Waals surface area (Å²) < 4.78 is 42.0. The van der Waals surface area contributed by atoms with Gasteiger partial charge in [0.25, 0.3) is 5.78 Å². The molecule has 0 unspecified atom stereocenters. The van der Waals surface area contributed by atoms with Crippen LogP contribution in [0.25, 0.3) is 11.5 Å². The first kappa shape index (κ1) is 18.3. The van der Waals surface area contributed by atoms with Gasteiger partial charge in [-0.15, -0.1) is 15.3 Å². The average Bonchev–Trinajstić information content (AvgIpc) is 3.26. The number of hydrogen-bond donors (Lipinski definition) is 0. The molecule has 28 heavy (non-hydrogen) atoms. The third-order valence-corrected chi connectivity index (χ3v) is 4.87. The summed E-state index contributed by atoms with van der Waals surface area (Å²) in [5, 5.41) is 20.1. The van der Waals surface area contributed by atoms with Crippen LogP contribution in [0, 0.1) is 13.8 Å². The topological polar surface area (TPSA) is 86.7 Å². The van der Waals surface area contributed by atoms with Crippen LogP contribution >= 0.6 is 11.8 Å². The normalized spacial score (nSPS) is 12.0. The predicted octanol–water partition coefficient (Wildman–Crippen LogP) is 3.03. The number of thioether (sulfide) groups is 1. The highest BCUT2D eigenvalue weighted by Crippen LogP contribution is 2.30. The fraction of sp³-hybridized carbons (Fsp3) is 0.250. The zero-order chi connectivity index (χ0) is 19.9. The zero-order valence-electron chi connectivity index (χ0n) is 14.7. The molecule has 0 fully saturated rings. The van der Waals surface area contributed by atoms with Crippen molar-refractivity contribution in [1.29, 1.82) is 0 Å². The van der Waals surface area contributed by atoms with E-state index in [-0.39, 0.29) is 11.4 Å². The standard InChI is InChI=1S/C16H13F3N8S/c1-9-6-10(2)26-14(20-9)22-23-15(26)28-8-13-21-24-25-27(13)12-5-3-4-11(7-12)16(17,18)19/h3-7H,8H2,1-2H3. The maximum atomic E-state index is 13.0. The van der Waals surface area contributed by atoms with Gasteiger partial charge in [-0.3, -0.25) is 4.40 Å². The lowest BCUT2D eigenvalue weighted by Crippen LogP contribution is -2.08. The Morgan fingerprint density at radius 1 is 1.07 bits per heavy atom. The maximum absolute atomic E-state index is 13.0. The lowest BCUT2D eigenvalue weighted by Gasteiger charge is -2.09. The first-order chi connectivity index (χ1) is 13.3. The van der Waals surface area contributed by atoms with Gasteiger partial charge in [0.2, 0.25) is 0 Å². The molecule has 0 N–H and O–H groups in total. The summed E-state index contributed by atoms with van der Waals surface area (Å²) >= 11 is 1.32. The molecule has 144 valence electrons. The van der Waals surface area contributed by atoms with E-state index in [9.17, 15) is 13.2 Å². The van der Waals surface area contributed by atoms with Crippen LogP contribution in [0.5, 0.6) is 0 Å². The van der Waals surface area contributed by atoms with Crippen LogP contribution in [0.2, 0.25) is 0 Å². The second kappa shape index (κ2) is 6.86. The van der Waals surface area contributed by atoms with Gasteiger partial charge in [-0.2, -0.15) is 17.9 Å². The number of nitrogens with zero attached hydrogens (tertiary/aromatic N) is 8. The van der Waals surface area contributed by atoms with Crippen molar-refractivity contribution in [3.05, 3.63) is 53.1 Å². The average molecular weight is 406 g/mol. The van der Waals surface area contributed by atoms with E-state index >= 15 is 0 Å². The Labute approximate surface area is 160 Å². The summed E-state index contributed by atoms with van der Waals surface area (Å²) in [5.41, 5.74) is 1.23. The lowest BCUT2D eigenvalue weighted by molar-refractivity contribution is -0.137. The van der Waals surface area contributed by atoms with Crippen LogP contribution < -0.4 is 0 Å². The van der Waals surface area contributed by atoms with E-state index in [1.54, 1.807) is 4.40 Å². The third-order valence-electron chi connectivity index (χ3n) is 3.95. The largest absolute Gasteiger partial charge is 0.416 e. The minimum atomic E-state index is -4.44. The Morgan fingerprint density at radius 3 is 2.68 bits per heavy atom. The van der Waals surface area contributed by atoms with Crippen molar-refractivity contribution in [3.8, 4) is 5.69 Å². The number of alkyl halides is 3. The summed E-state index contributed by atoms with van der Waals surface area (Å²) in [4.78, 5) is 4.32. The van der Waals surface area contributed by atoms with E-state index in [1.165, 1.54) is 28.6 Å². The number of aryl methyl sites for hydroxylation is 2. The molecule has 3 heterocycles. The number of hydrogen-bond acceptors (Lipinski definition) is 7. The smallest absolute Gasteiger partial charge is 0.259 e. The van der Waals surface area contributed by atoms with E-state index in [2.05, 4.69) is 30.7 Å². The molecule has 0 aliphatic rings. The molecule has 3 aromatic heterocycles. The molecular weight excluding hydrogens is 393 g/mol. The Bertz CT molecular complexity index is 1150. The number of fused-ring (bicyclic) bond motifs is 1. The zero-order valence-corrected chi connectivity index (χ0v) is 15.5. The Balaban J connectivity index is 1.62. The number of benzene rings is 1. The molecule has 4 rings (SSSR count). The van der Waals surface area contributed by atoms with Crippen LogP contribution in [0.15, 0.2) is 35.5 Å². The van der Waals surface area contributed by atoms with E-state index in [0.717, 1.165) is 23.5 Å². The van der Waals surface area contributed by atoms with Crippen molar-refractivity contribution in [2.24, 2.45) is 0 Å². The van der Waals surface area contributed by atoms with Crippen LogP contribution in [0.4, 0.5) is 13.2 Å². The fourth-order valence-electron chi connectivity index (χ4n) is 2.73. The number of halogens is 3. The molecule has 0 spiro atoms. The molecule has 0 radical (unpaired) electrons. The van der Waals surface area contributed by atoms with Gasteiger partial charge in [-0.25, -0.2) is 4.98 Å². The van der Waals surface area contributed by atoms with Crippen molar-refractivity contribution in [2.75, 3.05) is 0 Å². The molecule has 12 heteroatoms. The summed E-state index contributed by atoms with van der Waals surface area (Å²) in [6.07, 6.45) is -4.44. The summed E-state index contributed by atoms with van der Waals surface area (Å²) in [6, 6.07) is 6.76. The van der Waals surface area contributed by atoms with Gasteiger partial charge in [0, 0.05) is 11.4 Å². The lowest BCUT2D eigenvalue weighted by atomic mass is 10.2. The molecule has 0 saturated carbocycles. The highest BCUT2D eigenvalue weighted by molar-refractivity contribution is 7.98. The first-order valence-electron chi connectivity index (χ1n) is 8.10.